The highest BCUT2D eigenvalue weighted by atomic mass is 32.2. The Balaban J connectivity index is 2.92. The molecule has 0 rings (SSSR count). The molecule has 0 aromatic heterocycles. The van der Waals surface area contributed by atoms with Gasteiger partial charge >= 0.3 is 0 Å². The molecular weight excluding hydrogens is 160 g/mol. The van der Waals surface area contributed by atoms with Crippen molar-refractivity contribution >= 4 is 17.7 Å². The molecular formula is C7H12N2OS. The van der Waals surface area contributed by atoms with Gasteiger partial charge in [0.25, 0.3) is 0 Å². The predicted octanol–water partition coefficient (Wildman–Crippen LogP) is 0.769. The van der Waals surface area contributed by atoms with Crippen molar-refractivity contribution in [3.8, 4) is 6.07 Å². The van der Waals surface area contributed by atoms with Crippen molar-refractivity contribution in [1.82, 2.24) is 5.32 Å². The third-order valence-electron chi connectivity index (χ3n) is 0.979. The van der Waals surface area contributed by atoms with Crippen LogP contribution < -0.4 is 5.32 Å². The lowest BCUT2D eigenvalue weighted by atomic mass is 10.6. The van der Waals surface area contributed by atoms with Crippen LogP contribution in [0.1, 0.15) is 13.3 Å². The molecule has 0 aliphatic carbocycles. The molecule has 0 radical (unpaired) electrons. The van der Waals surface area contributed by atoms with Gasteiger partial charge in [0, 0.05) is 31.4 Å². The minimum Gasteiger partial charge on any atom is -0.356 e. The fraction of sp³-hybridized carbons (Fsp3) is 0.714. The summed E-state index contributed by atoms with van der Waals surface area (Å²) in [7, 11) is 0. The van der Waals surface area contributed by atoms with Crippen molar-refractivity contribution in [1.29, 1.82) is 5.26 Å². The van der Waals surface area contributed by atoms with Gasteiger partial charge in [-0.25, -0.2) is 0 Å². The summed E-state index contributed by atoms with van der Waals surface area (Å²) < 4.78 is 0. The van der Waals surface area contributed by atoms with Gasteiger partial charge in [0.2, 0.25) is 5.91 Å². The van der Waals surface area contributed by atoms with Gasteiger partial charge in [-0.3, -0.25) is 4.79 Å². The number of carbonyl (C=O) groups is 1. The van der Waals surface area contributed by atoms with Crippen LogP contribution in [-0.4, -0.2) is 24.0 Å². The molecule has 62 valence electrons. The van der Waals surface area contributed by atoms with Crippen LogP contribution in [0.4, 0.5) is 0 Å². The van der Waals surface area contributed by atoms with Crippen molar-refractivity contribution in [2.24, 2.45) is 0 Å². The number of nitriles is 1. The Morgan fingerprint density at radius 3 is 2.91 bits per heavy atom. The fourth-order valence-corrected chi connectivity index (χ4v) is 1.21. The van der Waals surface area contributed by atoms with Crippen molar-refractivity contribution in [3.05, 3.63) is 0 Å². The van der Waals surface area contributed by atoms with Crippen LogP contribution in [0.5, 0.6) is 0 Å². The first-order valence-electron chi connectivity index (χ1n) is 3.46. The van der Waals surface area contributed by atoms with Gasteiger partial charge in [-0.05, 0) is 0 Å². The molecule has 0 aliphatic heterocycles. The third-order valence-corrected chi connectivity index (χ3v) is 1.96. The zero-order chi connectivity index (χ0) is 8.53. The van der Waals surface area contributed by atoms with E-state index in [9.17, 15) is 4.79 Å². The summed E-state index contributed by atoms with van der Waals surface area (Å²) in [6, 6.07) is 2.06. The highest BCUT2D eigenvalue weighted by Crippen LogP contribution is 1.99. The van der Waals surface area contributed by atoms with Gasteiger partial charge < -0.3 is 5.32 Å². The Bertz CT molecular complexity index is 153. The van der Waals surface area contributed by atoms with E-state index in [0.717, 1.165) is 11.5 Å². The topological polar surface area (TPSA) is 52.9 Å². The van der Waals surface area contributed by atoms with Crippen LogP contribution in [-0.2, 0) is 4.79 Å². The zero-order valence-electron chi connectivity index (χ0n) is 6.59. The molecule has 1 amide bonds. The zero-order valence-corrected chi connectivity index (χ0v) is 7.41. The molecule has 0 atom stereocenters. The molecule has 0 fully saturated rings. The Morgan fingerprint density at radius 1 is 1.64 bits per heavy atom. The van der Waals surface area contributed by atoms with E-state index in [2.05, 4.69) is 11.4 Å². The van der Waals surface area contributed by atoms with Crippen LogP contribution in [0, 0.1) is 11.3 Å². The highest BCUT2D eigenvalue weighted by molar-refractivity contribution is 7.99. The second-order valence-electron chi connectivity index (χ2n) is 2.00. The number of hydrogen-bond acceptors (Lipinski definition) is 3. The van der Waals surface area contributed by atoms with Crippen molar-refractivity contribution < 1.29 is 4.79 Å². The summed E-state index contributed by atoms with van der Waals surface area (Å²) in [5, 5.41) is 10.9. The maximum Gasteiger partial charge on any atom is 0.216 e. The van der Waals surface area contributed by atoms with Gasteiger partial charge in [-0.2, -0.15) is 17.0 Å². The Hall–Kier alpha value is -0.690. The minimum absolute atomic E-state index is 0.00545. The highest BCUT2D eigenvalue weighted by Gasteiger charge is 1.90. The summed E-state index contributed by atoms with van der Waals surface area (Å²) in [5.41, 5.74) is 0. The summed E-state index contributed by atoms with van der Waals surface area (Å²) in [6.07, 6.45) is 0.588. The number of hydrogen-bond donors (Lipinski definition) is 1. The van der Waals surface area contributed by atoms with Gasteiger partial charge in [0.15, 0.2) is 0 Å². The molecule has 0 spiro atoms. The molecule has 1 N–H and O–H groups in total. The number of nitrogens with zero attached hydrogens (tertiary/aromatic N) is 1. The normalized spacial score (nSPS) is 8.73. The van der Waals surface area contributed by atoms with Crippen LogP contribution in [0.25, 0.3) is 0 Å². The molecule has 0 aliphatic rings. The molecule has 0 unspecified atom stereocenters. The number of carbonyl (C=O) groups excluding carboxylic acids is 1. The average molecular weight is 172 g/mol. The fourth-order valence-electron chi connectivity index (χ4n) is 0.519. The Labute approximate surface area is 71.2 Å². The van der Waals surface area contributed by atoms with Gasteiger partial charge in [0.05, 0.1) is 6.07 Å². The summed E-state index contributed by atoms with van der Waals surface area (Å²) in [6.45, 7) is 2.20. The largest absolute Gasteiger partial charge is 0.356 e. The first-order valence-corrected chi connectivity index (χ1v) is 4.62. The van der Waals surface area contributed by atoms with E-state index >= 15 is 0 Å². The lowest BCUT2D eigenvalue weighted by molar-refractivity contribution is -0.118. The van der Waals surface area contributed by atoms with E-state index in [4.69, 9.17) is 5.26 Å². The lowest BCUT2D eigenvalue weighted by Gasteiger charge is -1.99. The SMILES string of the molecule is CC(=O)NCCSCCC#N. The van der Waals surface area contributed by atoms with Gasteiger partial charge in [-0.15, -0.1) is 0 Å². The first-order chi connectivity index (χ1) is 5.27. The minimum atomic E-state index is 0.00545. The number of rotatable bonds is 5. The Kier molecular flexibility index (Phi) is 6.95. The molecule has 0 saturated carbocycles. The molecule has 4 heteroatoms. The summed E-state index contributed by atoms with van der Waals surface area (Å²) in [5.74, 6) is 1.75. The smallest absolute Gasteiger partial charge is 0.216 e. The molecule has 0 bridgehead atoms. The van der Waals surface area contributed by atoms with E-state index in [-0.39, 0.29) is 5.91 Å². The van der Waals surface area contributed by atoms with Gasteiger partial charge in [0.1, 0.15) is 0 Å². The van der Waals surface area contributed by atoms with E-state index in [1.165, 1.54) is 6.92 Å². The Morgan fingerprint density at radius 2 is 2.36 bits per heavy atom. The van der Waals surface area contributed by atoms with Crippen LogP contribution in [0.15, 0.2) is 0 Å². The standard InChI is InChI=1S/C7H12N2OS/c1-7(10)9-4-6-11-5-2-3-8/h2,4-6H2,1H3,(H,9,10). The molecule has 3 nitrogen and oxygen atoms in total. The van der Waals surface area contributed by atoms with Gasteiger partial charge in [-0.1, -0.05) is 0 Å². The lowest BCUT2D eigenvalue weighted by Crippen LogP contribution is -2.22. The van der Waals surface area contributed by atoms with E-state index in [0.29, 0.717) is 13.0 Å². The maximum atomic E-state index is 10.4. The molecule has 0 heterocycles. The van der Waals surface area contributed by atoms with E-state index < -0.39 is 0 Å². The molecule has 11 heavy (non-hydrogen) atoms. The maximum absolute atomic E-state index is 10.4. The second kappa shape index (κ2) is 7.42. The van der Waals surface area contributed by atoms with E-state index in [1.54, 1.807) is 11.8 Å². The first kappa shape index (κ1) is 10.3. The second-order valence-corrected chi connectivity index (χ2v) is 3.23. The van der Waals surface area contributed by atoms with Crippen molar-refractivity contribution in [3.63, 3.8) is 0 Å². The molecule has 0 saturated heterocycles. The summed E-state index contributed by atoms with van der Waals surface area (Å²) in [4.78, 5) is 10.4. The number of nitrogens with one attached hydrogen (secondary N) is 1. The monoisotopic (exact) mass is 172 g/mol. The van der Waals surface area contributed by atoms with Crippen LogP contribution >= 0.6 is 11.8 Å². The quantitative estimate of drug-likeness (QED) is 0.623. The van der Waals surface area contributed by atoms with Crippen molar-refractivity contribution in [2.45, 2.75) is 13.3 Å². The molecule has 0 aromatic carbocycles. The molecule has 0 aromatic rings. The average Bonchev–Trinajstić information content (AvgIpc) is 1.96. The third kappa shape index (κ3) is 9.31. The summed E-state index contributed by atoms with van der Waals surface area (Å²) >= 11 is 1.68. The van der Waals surface area contributed by atoms with Crippen LogP contribution in [0.3, 0.4) is 0 Å². The predicted molar refractivity (Wildman–Crippen MR) is 46.2 cm³/mol. The van der Waals surface area contributed by atoms with E-state index in [1.807, 2.05) is 0 Å². The number of thioether (sulfide) groups is 1. The van der Waals surface area contributed by atoms with Crippen molar-refractivity contribution in [2.75, 3.05) is 18.1 Å². The van der Waals surface area contributed by atoms with Crippen LogP contribution in [0.2, 0.25) is 0 Å². The number of amides is 1.